The molecule has 0 bridgehead atoms. The molecule has 1 fully saturated rings. The Labute approximate surface area is 152 Å². The van der Waals surface area contributed by atoms with Crippen molar-refractivity contribution in [3.05, 3.63) is 51.3 Å². The fourth-order valence-electron chi connectivity index (χ4n) is 2.33. The molecule has 6 nitrogen and oxygen atoms in total. The first kappa shape index (κ1) is 17.6. The molecule has 0 spiro atoms. The van der Waals surface area contributed by atoms with E-state index in [1.54, 1.807) is 12.3 Å². The molecule has 1 aliphatic carbocycles. The molecule has 0 atom stereocenters. The van der Waals surface area contributed by atoms with E-state index in [0.717, 1.165) is 30.2 Å². The Balaban J connectivity index is 1.75. The number of aryl methyl sites for hydroxylation is 1. The molecule has 0 aromatic carbocycles. The molecule has 1 saturated carbocycles. The van der Waals surface area contributed by atoms with Crippen LogP contribution in [-0.4, -0.2) is 21.9 Å². The standard InChI is InChI=1S/C16H13Cl2FN4O2/c1-7-4-5-20-12(8-2-3-8)11(7)21-16(25)23-15(24)9-6-10(19)14(18)22-13(9)17/h4-6,8H,2-3H2,1H3,(H2,21,23,24,25). The highest BCUT2D eigenvalue weighted by Crippen LogP contribution is 2.42. The summed E-state index contributed by atoms with van der Waals surface area (Å²) in [6.07, 6.45) is 3.70. The van der Waals surface area contributed by atoms with Crippen molar-refractivity contribution in [2.75, 3.05) is 5.32 Å². The van der Waals surface area contributed by atoms with Crippen LogP contribution in [0.4, 0.5) is 14.9 Å². The van der Waals surface area contributed by atoms with Crippen molar-refractivity contribution in [2.24, 2.45) is 0 Å². The van der Waals surface area contributed by atoms with Crippen molar-refractivity contribution in [2.45, 2.75) is 25.7 Å². The number of imide groups is 1. The molecule has 3 rings (SSSR count). The van der Waals surface area contributed by atoms with Crippen molar-refractivity contribution in [1.29, 1.82) is 0 Å². The molecule has 3 amide bonds. The number of amides is 3. The van der Waals surface area contributed by atoms with Gasteiger partial charge in [0.05, 0.1) is 16.9 Å². The Hall–Kier alpha value is -2.25. The normalized spacial score (nSPS) is 13.4. The molecule has 0 radical (unpaired) electrons. The van der Waals surface area contributed by atoms with Gasteiger partial charge in [0.25, 0.3) is 5.91 Å². The van der Waals surface area contributed by atoms with E-state index in [0.29, 0.717) is 11.6 Å². The van der Waals surface area contributed by atoms with Crippen LogP contribution in [0.2, 0.25) is 10.3 Å². The number of hydrogen-bond acceptors (Lipinski definition) is 4. The van der Waals surface area contributed by atoms with Gasteiger partial charge >= 0.3 is 6.03 Å². The Morgan fingerprint density at radius 2 is 2.00 bits per heavy atom. The van der Waals surface area contributed by atoms with Gasteiger partial charge in [0.2, 0.25) is 0 Å². The van der Waals surface area contributed by atoms with Crippen molar-refractivity contribution < 1.29 is 14.0 Å². The molecule has 130 valence electrons. The maximum Gasteiger partial charge on any atom is 0.326 e. The minimum atomic E-state index is -0.907. The number of rotatable bonds is 3. The smallest absolute Gasteiger partial charge is 0.306 e. The summed E-state index contributed by atoms with van der Waals surface area (Å²) in [6, 6.07) is 1.82. The Morgan fingerprint density at radius 1 is 1.28 bits per heavy atom. The average Bonchev–Trinajstić information content (AvgIpc) is 3.37. The summed E-state index contributed by atoms with van der Waals surface area (Å²) in [5.41, 5.74) is 1.91. The van der Waals surface area contributed by atoms with Gasteiger partial charge in [-0.05, 0) is 37.5 Å². The Bertz CT molecular complexity index is 871. The van der Waals surface area contributed by atoms with Crippen molar-refractivity contribution in [3.8, 4) is 0 Å². The lowest BCUT2D eigenvalue weighted by Crippen LogP contribution is -2.35. The van der Waals surface area contributed by atoms with Gasteiger partial charge in [0.1, 0.15) is 5.15 Å². The molecule has 0 aliphatic heterocycles. The van der Waals surface area contributed by atoms with Gasteiger partial charge in [-0.2, -0.15) is 0 Å². The summed E-state index contributed by atoms with van der Waals surface area (Å²) in [4.78, 5) is 32.1. The van der Waals surface area contributed by atoms with Crippen LogP contribution in [0.5, 0.6) is 0 Å². The summed E-state index contributed by atoms with van der Waals surface area (Å²) in [7, 11) is 0. The lowest BCUT2D eigenvalue weighted by molar-refractivity contribution is 0.0966. The number of urea groups is 1. The third-order valence-electron chi connectivity index (χ3n) is 3.75. The van der Waals surface area contributed by atoms with Crippen molar-refractivity contribution in [3.63, 3.8) is 0 Å². The molecule has 2 aromatic rings. The lowest BCUT2D eigenvalue weighted by Gasteiger charge is -2.13. The highest BCUT2D eigenvalue weighted by atomic mass is 35.5. The molecule has 2 N–H and O–H groups in total. The van der Waals surface area contributed by atoms with Gasteiger partial charge in [-0.25, -0.2) is 14.2 Å². The first-order valence-corrected chi connectivity index (χ1v) is 8.21. The summed E-state index contributed by atoms with van der Waals surface area (Å²) in [6.45, 7) is 1.83. The first-order chi connectivity index (χ1) is 11.9. The predicted octanol–water partition coefficient (Wildman–Crippen LogP) is 4.07. The highest BCUT2D eigenvalue weighted by Gasteiger charge is 2.29. The SMILES string of the molecule is Cc1ccnc(C2CC2)c1NC(=O)NC(=O)c1cc(F)c(Cl)nc1Cl. The molecule has 1 aliphatic rings. The van der Waals surface area contributed by atoms with Crippen LogP contribution >= 0.6 is 23.2 Å². The molecule has 25 heavy (non-hydrogen) atoms. The van der Waals surface area contributed by atoms with Crippen LogP contribution in [0, 0.1) is 12.7 Å². The first-order valence-electron chi connectivity index (χ1n) is 7.46. The molecule has 0 unspecified atom stereocenters. The Morgan fingerprint density at radius 3 is 2.68 bits per heavy atom. The Kier molecular flexibility index (Phi) is 4.87. The summed E-state index contributed by atoms with van der Waals surface area (Å²) in [5.74, 6) is -1.48. The number of carbonyl (C=O) groups excluding carboxylic acids is 2. The maximum atomic E-state index is 13.5. The van der Waals surface area contributed by atoms with E-state index in [4.69, 9.17) is 23.2 Å². The quantitative estimate of drug-likeness (QED) is 0.783. The van der Waals surface area contributed by atoms with E-state index in [-0.39, 0.29) is 10.7 Å². The second kappa shape index (κ2) is 6.93. The highest BCUT2D eigenvalue weighted by molar-refractivity contribution is 6.35. The van der Waals surface area contributed by atoms with E-state index in [1.165, 1.54) is 0 Å². The number of anilines is 1. The average molecular weight is 383 g/mol. The minimum absolute atomic E-state index is 0.288. The number of carbonyl (C=O) groups is 2. The zero-order valence-corrected chi connectivity index (χ0v) is 14.6. The number of aromatic nitrogens is 2. The molecule has 0 saturated heterocycles. The van der Waals surface area contributed by atoms with Crippen molar-refractivity contribution in [1.82, 2.24) is 15.3 Å². The van der Waals surface area contributed by atoms with E-state index in [2.05, 4.69) is 20.6 Å². The number of halogens is 3. The molecular formula is C16H13Cl2FN4O2. The lowest BCUT2D eigenvalue weighted by atomic mass is 10.1. The van der Waals surface area contributed by atoms with Crippen LogP contribution in [0.15, 0.2) is 18.3 Å². The number of nitrogens with one attached hydrogen (secondary N) is 2. The summed E-state index contributed by atoms with van der Waals surface area (Å²) < 4.78 is 13.5. The molecule has 2 heterocycles. The van der Waals surface area contributed by atoms with Crippen LogP contribution in [-0.2, 0) is 0 Å². The van der Waals surface area contributed by atoms with E-state index in [9.17, 15) is 14.0 Å². The summed E-state index contributed by atoms with van der Waals surface area (Å²) >= 11 is 11.3. The van der Waals surface area contributed by atoms with Gasteiger partial charge < -0.3 is 5.32 Å². The monoisotopic (exact) mass is 382 g/mol. The maximum absolute atomic E-state index is 13.5. The zero-order chi connectivity index (χ0) is 18.1. The molecular weight excluding hydrogens is 370 g/mol. The van der Waals surface area contributed by atoms with E-state index < -0.39 is 22.9 Å². The fraction of sp³-hybridized carbons (Fsp3) is 0.250. The molecule has 2 aromatic heterocycles. The number of pyridine rings is 2. The second-order valence-electron chi connectivity index (χ2n) is 5.67. The van der Waals surface area contributed by atoms with Gasteiger partial charge in [-0.1, -0.05) is 23.2 Å². The second-order valence-corrected chi connectivity index (χ2v) is 6.39. The largest absolute Gasteiger partial charge is 0.326 e. The van der Waals surface area contributed by atoms with Gasteiger partial charge in [-0.15, -0.1) is 0 Å². The number of hydrogen-bond donors (Lipinski definition) is 2. The minimum Gasteiger partial charge on any atom is -0.306 e. The third-order valence-corrected chi connectivity index (χ3v) is 4.30. The fourth-order valence-corrected chi connectivity index (χ4v) is 2.74. The van der Waals surface area contributed by atoms with E-state index >= 15 is 0 Å². The van der Waals surface area contributed by atoms with Crippen LogP contribution in [0.3, 0.4) is 0 Å². The number of nitrogens with zero attached hydrogens (tertiary/aromatic N) is 2. The predicted molar refractivity (Wildman–Crippen MR) is 91.6 cm³/mol. The van der Waals surface area contributed by atoms with Crippen LogP contribution in [0.1, 0.15) is 40.4 Å². The van der Waals surface area contributed by atoms with Crippen LogP contribution in [0.25, 0.3) is 0 Å². The molecule has 9 heteroatoms. The topological polar surface area (TPSA) is 84.0 Å². The van der Waals surface area contributed by atoms with Gasteiger partial charge in [0, 0.05) is 12.1 Å². The van der Waals surface area contributed by atoms with Crippen molar-refractivity contribution >= 4 is 40.8 Å². The zero-order valence-electron chi connectivity index (χ0n) is 13.1. The van der Waals surface area contributed by atoms with E-state index in [1.807, 2.05) is 6.92 Å². The van der Waals surface area contributed by atoms with Gasteiger partial charge in [-0.3, -0.25) is 15.1 Å². The van der Waals surface area contributed by atoms with Crippen LogP contribution < -0.4 is 10.6 Å². The third kappa shape index (κ3) is 3.88. The van der Waals surface area contributed by atoms with Gasteiger partial charge in [0.15, 0.2) is 11.0 Å². The summed E-state index contributed by atoms with van der Waals surface area (Å²) in [5, 5.41) is 3.97.